The van der Waals surface area contributed by atoms with E-state index in [0.717, 1.165) is 0 Å². The monoisotopic (exact) mass is 360 g/mol. The predicted molar refractivity (Wildman–Crippen MR) is 89.2 cm³/mol. The summed E-state index contributed by atoms with van der Waals surface area (Å²) in [5.41, 5.74) is 0.633. The highest BCUT2D eigenvalue weighted by molar-refractivity contribution is 5.91. The third-order valence-corrected chi connectivity index (χ3v) is 3.43. The van der Waals surface area contributed by atoms with Gasteiger partial charge in [-0.1, -0.05) is 30.3 Å². The van der Waals surface area contributed by atoms with Crippen molar-refractivity contribution in [3.05, 3.63) is 72.1 Å². The molecule has 0 aromatic heterocycles. The maximum atomic E-state index is 13.3. The van der Waals surface area contributed by atoms with Crippen LogP contribution in [-0.2, 0) is 11.2 Å². The molecule has 2 aromatic carbocycles. The van der Waals surface area contributed by atoms with E-state index in [9.17, 15) is 18.0 Å². The molecule has 134 valence electrons. The topological polar surface area (TPSA) is 62.1 Å². The second-order valence-electron chi connectivity index (χ2n) is 5.42. The maximum Gasteiger partial charge on any atom is 0.322 e. The Morgan fingerprint density at radius 2 is 1.77 bits per heavy atom. The van der Waals surface area contributed by atoms with Crippen molar-refractivity contribution in [2.24, 2.45) is 0 Å². The Labute approximate surface area is 148 Å². The van der Waals surface area contributed by atoms with Crippen molar-refractivity contribution >= 4 is 5.91 Å². The molecule has 0 radical (unpaired) electrons. The summed E-state index contributed by atoms with van der Waals surface area (Å²) in [7, 11) is 0. The molecule has 7 heteroatoms. The molecular formula is C19H15F3N2O2. The van der Waals surface area contributed by atoms with Gasteiger partial charge in [0.05, 0.1) is 0 Å². The summed E-state index contributed by atoms with van der Waals surface area (Å²) in [5.74, 6) is -1.51. The van der Waals surface area contributed by atoms with E-state index >= 15 is 0 Å². The molecule has 26 heavy (non-hydrogen) atoms. The largest absolute Gasteiger partial charge is 0.457 e. The Morgan fingerprint density at radius 3 is 2.42 bits per heavy atom. The Balaban J connectivity index is 2.14. The normalized spacial score (nSPS) is 11.2. The zero-order chi connectivity index (χ0) is 18.9. The Morgan fingerprint density at radius 1 is 1.08 bits per heavy atom. The molecule has 1 atom stereocenters. The van der Waals surface area contributed by atoms with Gasteiger partial charge in [-0.05, 0) is 36.2 Å². The fourth-order valence-corrected chi connectivity index (χ4v) is 2.33. The number of amides is 1. The van der Waals surface area contributed by atoms with Gasteiger partial charge >= 0.3 is 12.0 Å². The smallest absolute Gasteiger partial charge is 0.322 e. The zero-order valence-electron chi connectivity index (χ0n) is 13.6. The molecule has 0 heterocycles. The lowest BCUT2D eigenvalue weighted by Crippen LogP contribution is -2.35. The molecule has 1 unspecified atom stereocenters. The number of halogens is 3. The second-order valence-corrected chi connectivity index (χ2v) is 5.42. The minimum atomic E-state index is -2.44. The number of hydrogen-bond donors (Lipinski definition) is 1. The van der Waals surface area contributed by atoms with Crippen molar-refractivity contribution < 1.29 is 22.7 Å². The molecule has 0 aliphatic heterocycles. The zero-order valence-corrected chi connectivity index (χ0v) is 13.6. The summed E-state index contributed by atoms with van der Waals surface area (Å²) in [6.45, 7) is 0. The molecule has 0 aliphatic rings. The first-order valence-electron chi connectivity index (χ1n) is 7.70. The van der Waals surface area contributed by atoms with E-state index in [-0.39, 0.29) is 6.42 Å². The minimum absolute atomic E-state index is 0.0557. The summed E-state index contributed by atoms with van der Waals surface area (Å²) < 4.78 is 43.7. The predicted octanol–water partition coefficient (Wildman–Crippen LogP) is 4.50. The van der Waals surface area contributed by atoms with Crippen LogP contribution in [0, 0.1) is 11.3 Å². The lowest BCUT2D eigenvalue weighted by Gasteiger charge is -2.16. The Bertz CT molecular complexity index is 828. The summed E-state index contributed by atoms with van der Waals surface area (Å²) in [4.78, 5) is 11.2. The summed E-state index contributed by atoms with van der Waals surface area (Å²) in [5, 5.41) is 10.8. The summed E-state index contributed by atoms with van der Waals surface area (Å²) >= 11 is 0. The number of ether oxygens (including phenoxy) is 1. The standard InChI is InChI=1S/C19H15F3N2O2/c20-17(19(21)22)11-14(24-18(25)12-23)9-13-5-4-8-16(10-13)26-15-6-2-1-3-7-15/h1-8,10,14H,9,11H2,(H,24,25). The average molecular weight is 360 g/mol. The maximum absolute atomic E-state index is 13.3. The van der Waals surface area contributed by atoms with E-state index in [0.29, 0.717) is 17.1 Å². The first-order chi connectivity index (χ1) is 12.5. The van der Waals surface area contributed by atoms with Crippen LogP contribution < -0.4 is 10.1 Å². The van der Waals surface area contributed by atoms with Gasteiger partial charge in [-0.15, -0.1) is 0 Å². The van der Waals surface area contributed by atoms with E-state index in [2.05, 4.69) is 5.32 Å². The molecule has 0 saturated heterocycles. The van der Waals surface area contributed by atoms with Crippen molar-refractivity contribution in [3.8, 4) is 17.6 Å². The first kappa shape index (κ1) is 19.1. The molecule has 4 nitrogen and oxygen atoms in total. The van der Waals surface area contributed by atoms with Crippen LogP contribution in [0.3, 0.4) is 0 Å². The third kappa shape index (κ3) is 5.98. The lowest BCUT2D eigenvalue weighted by atomic mass is 10.0. The van der Waals surface area contributed by atoms with Crippen molar-refractivity contribution in [2.75, 3.05) is 0 Å². The van der Waals surface area contributed by atoms with Crippen LogP contribution in [0.25, 0.3) is 0 Å². The second kappa shape index (κ2) is 9.28. The molecule has 2 rings (SSSR count). The highest BCUT2D eigenvalue weighted by atomic mass is 19.3. The van der Waals surface area contributed by atoms with E-state index < -0.39 is 30.3 Å². The average Bonchev–Trinajstić information content (AvgIpc) is 2.62. The van der Waals surface area contributed by atoms with E-state index in [1.54, 1.807) is 36.4 Å². The Kier molecular flexibility index (Phi) is 6.80. The van der Waals surface area contributed by atoms with Gasteiger partial charge < -0.3 is 10.1 Å². The lowest BCUT2D eigenvalue weighted by molar-refractivity contribution is -0.116. The number of nitriles is 1. The fourth-order valence-electron chi connectivity index (χ4n) is 2.33. The van der Waals surface area contributed by atoms with Crippen LogP contribution >= 0.6 is 0 Å². The number of carbonyl (C=O) groups is 1. The number of hydrogen-bond acceptors (Lipinski definition) is 3. The van der Waals surface area contributed by atoms with Gasteiger partial charge in [0.15, 0.2) is 11.9 Å². The van der Waals surface area contributed by atoms with Gasteiger partial charge in [0.25, 0.3) is 0 Å². The van der Waals surface area contributed by atoms with Crippen LogP contribution in [0.1, 0.15) is 12.0 Å². The number of carbonyl (C=O) groups excluding carboxylic acids is 1. The van der Waals surface area contributed by atoms with Gasteiger partial charge in [0, 0.05) is 12.5 Å². The SMILES string of the molecule is N#CC(=O)NC(CC(F)=C(F)F)Cc1cccc(Oc2ccccc2)c1. The molecule has 0 bridgehead atoms. The van der Waals surface area contributed by atoms with Crippen molar-refractivity contribution in [1.82, 2.24) is 5.32 Å². The number of nitrogens with zero attached hydrogens (tertiary/aromatic N) is 1. The van der Waals surface area contributed by atoms with Crippen molar-refractivity contribution in [2.45, 2.75) is 18.9 Å². The summed E-state index contributed by atoms with van der Waals surface area (Å²) in [6.07, 6.45) is -3.10. The highest BCUT2D eigenvalue weighted by Crippen LogP contribution is 2.23. The molecule has 0 saturated carbocycles. The summed E-state index contributed by atoms with van der Waals surface area (Å²) in [6, 6.07) is 16.1. The number of nitrogens with one attached hydrogen (secondary N) is 1. The van der Waals surface area contributed by atoms with E-state index in [1.807, 2.05) is 18.2 Å². The van der Waals surface area contributed by atoms with Gasteiger partial charge in [0.2, 0.25) is 0 Å². The number of rotatable bonds is 7. The molecule has 1 amide bonds. The van der Waals surface area contributed by atoms with Gasteiger partial charge in [-0.2, -0.15) is 14.0 Å². The van der Waals surface area contributed by atoms with Gasteiger partial charge in [-0.3, -0.25) is 4.79 Å². The highest BCUT2D eigenvalue weighted by Gasteiger charge is 2.18. The van der Waals surface area contributed by atoms with Crippen LogP contribution in [0.4, 0.5) is 13.2 Å². The van der Waals surface area contributed by atoms with Gasteiger partial charge in [0.1, 0.15) is 11.5 Å². The minimum Gasteiger partial charge on any atom is -0.457 e. The Hall–Kier alpha value is -3.27. The number of para-hydroxylation sites is 1. The number of benzene rings is 2. The molecule has 0 spiro atoms. The molecule has 0 fully saturated rings. The fraction of sp³-hybridized carbons (Fsp3) is 0.158. The van der Waals surface area contributed by atoms with Crippen LogP contribution in [0.5, 0.6) is 11.5 Å². The van der Waals surface area contributed by atoms with E-state index in [4.69, 9.17) is 10.00 Å². The molecular weight excluding hydrogens is 345 g/mol. The van der Waals surface area contributed by atoms with Crippen LogP contribution in [-0.4, -0.2) is 11.9 Å². The molecule has 1 N–H and O–H groups in total. The van der Waals surface area contributed by atoms with Gasteiger partial charge in [-0.25, -0.2) is 4.39 Å². The molecule has 2 aromatic rings. The third-order valence-electron chi connectivity index (χ3n) is 3.43. The van der Waals surface area contributed by atoms with Crippen LogP contribution in [0.15, 0.2) is 66.5 Å². The van der Waals surface area contributed by atoms with Crippen LogP contribution in [0.2, 0.25) is 0 Å². The quantitative estimate of drug-likeness (QED) is 0.740. The first-order valence-corrected chi connectivity index (χ1v) is 7.70. The molecule has 0 aliphatic carbocycles. The van der Waals surface area contributed by atoms with E-state index in [1.165, 1.54) is 6.07 Å². The van der Waals surface area contributed by atoms with Crippen molar-refractivity contribution in [1.29, 1.82) is 5.26 Å². The van der Waals surface area contributed by atoms with Crippen molar-refractivity contribution in [3.63, 3.8) is 0 Å².